The van der Waals surface area contributed by atoms with Gasteiger partial charge < -0.3 is 10.1 Å². The lowest BCUT2D eigenvalue weighted by Crippen LogP contribution is -2.19. The van der Waals surface area contributed by atoms with Gasteiger partial charge in [0, 0.05) is 11.7 Å². The van der Waals surface area contributed by atoms with E-state index in [1.54, 1.807) is 18.2 Å². The molecule has 0 spiro atoms. The summed E-state index contributed by atoms with van der Waals surface area (Å²) in [6, 6.07) is 13.7. The van der Waals surface area contributed by atoms with E-state index in [2.05, 4.69) is 16.1 Å². The lowest BCUT2D eigenvalue weighted by molar-refractivity contribution is -0.274. The van der Waals surface area contributed by atoms with Gasteiger partial charge in [-0.25, -0.2) is 0 Å². The van der Waals surface area contributed by atoms with E-state index in [9.17, 15) is 13.2 Å². The van der Waals surface area contributed by atoms with Crippen LogP contribution in [-0.4, -0.2) is 12.4 Å². The first kappa shape index (κ1) is 15.2. The summed E-state index contributed by atoms with van der Waals surface area (Å²) in [5.74, 6) is -0.220. The molecule has 0 amide bonds. The molecule has 0 fully saturated rings. The van der Waals surface area contributed by atoms with Crippen LogP contribution in [0.5, 0.6) is 5.75 Å². The topological polar surface area (TPSA) is 45.0 Å². The summed E-state index contributed by atoms with van der Waals surface area (Å²) in [5.41, 5.74) is 3.64. The number of hydrogen-bond donors (Lipinski definition) is 1. The summed E-state index contributed by atoms with van der Waals surface area (Å²) in [6.07, 6.45) is -3.21. The Morgan fingerprint density at radius 1 is 1.17 bits per heavy atom. The zero-order valence-corrected chi connectivity index (χ0v) is 12.0. The molecule has 1 atom stereocenters. The smallest absolute Gasteiger partial charge is 0.406 e. The van der Waals surface area contributed by atoms with Crippen molar-refractivity contribution >= 4 is 5.69 Å². The van der Waals surface area contributed by atoms with Gasteiger partial charge >= 0.3 is 6.36 Å². The Morgan fingerprint density at radius 3 is 2.57 bits per heavy atom. The van der Waals surface area contributed by atoms with Gasteiger partial charge in [-0.2, -0.15) is 5.26 Å². The molecule has 23 heavy (non-hydrogen) atoms. The van der Waals surface area contributed by atoms with Gasteiger partial charge in [-0.3, -0.25) is 0 Å². The van der Waals surface area contributed by atoms with Crippen LogP contribution in [0.15, 0.2) is 42.5 Å². The molecule has 0 saturated heterocycles. The van der Waals surface area contributed by atoms with E-state index in [0.717, 1.165) is 23.2 Å². The Morgan fingerprint density at radius 2 is 1.91 bits per heavy atom. The predicted octanol–water partition coefficient (Wildman–Crippen LogP) is 4.04. The van der Waals surface area contributed by atoms with E-state index in [4.69, 9.17) is 5.26 Å². The van der Waals surface area contributed by atoms with Crippen molar-refractivity contribution in [2.45, 2.75) is 25.2 Å². The Labute approximate surface area is 131 Å². The van der Waals surface area contributed by atoms with Gasteiger partial charge in [-0.15, -0.1) is 13.2 Å². The quantitative estimate of drug-likeness (QED) is 0.929. The number of nitriles is 1. The Bertz CT molecular complexity index is 748. The second-order valence-electron chi connectivity index (χ2n) is 5.42. The summed E-state index contributed by atoms with van der Waals surface area (Å²) < 4.78 is 40.2. The Kier molecular flexibility index (Phi) is 3.87. The van der Waals surface area contributed by atoms with Crippen LogP contribution in [0.25, 0.3) is 0 Å². The molecular weight excluding hydrogens is 305 g/mol. The van der Waals surface area contributed by atoms with Gasteiger partial charge in [0.15, 0.2) is 0 Å². The minimum atomic E-state index is -4.67. The fraction of sp³-hybridized carbons (Fsp3) is 0.235. The number of anilines is 1. The maximum absolute atomic E-state index is 12.1. The fourth-order valence-corrected chi connectivity index (χ4v) is 2.74. The third-order valence-electron chi connectivity index (χ3n) is 3.70. The average Bonchev–Trinajstić information content (AvgIpc) is 2.89. The average molecular weight is 318 g/mol. The Balaban J connectivity index is 1.64. The van der Waals surface area contributed by atoms with Crippen molar-refractivity contribution in [2.75, 3.05) is 5.32 Å². The minimum Gasteiger partial charge on any atom is -0.406 e. The van der Waals surface area contributed by atoms with E-state index in [1.165, 1.54) is 12.1 Å². The van der Waals surface area contributed by atoms with Crippen LogP contribution >= 0.6 is 0 Å². The maximum atomic E-state index is 12.1. The number of alkyl halides is 3. The summed E-state index contributed by atoms with van der Waals surface area (Å²) in [6.45, 7) is 0. The van der Waals surface area contributed by atoms with E-state index >= 15 is 0 Å². The molecule has 0 aromatic heterocycles. The van der Waals surface area contributed by atoms with Crippen LogP contribution < -0.4 is 10.1 Å². The number of fused-ring (bicyclic) bond motifs is 1. The molecular formula is C17H13F3N2O. The van der Waals surface area contributed by atoms with Crippen LogP contribution in [0.2, 0.25) is 0 Å². The summed E-state index contributed by atoms with van der Waals surface area (Å²) >= 11 is 0. The molecule has 1 aliphatic heterocycles. The van der Waals surface area contributed by atoms with E-state index in [1.807, 2.05) is 12.1 Å². The third-order valence-corrected chi connectivity index (χ3v) is 3.70. The molecule has 1 N–H and O–H groups in total. The van der Waals surface area contributed by atoms with Crippen molar-refractivity contribution in [1.29, 1.82) is 5.26 Å². The van der Waals surface area contributed by atoms with E-state index in [0.29, 0.717) is 12.0 Å². The van der Waals surface area contributed by atoms with Crippen LogP contribution in [0, 0.1) is 11.3 Å². The molecule has 0 aliphatic carbocycles. The lowest BCUT2D eigenvalue weighted by Gasteiger charge is -2.12. The maximum Gasteiger partial charge on any atom is 0.573 e. The molecule has 3 nitrogen and oxygen atoms in total. The van der Waals surface area contributed by atoms with Crippen molar-refractivity contribution < 1.29 is 17.9 Å². The molecule has 1 heterocycles. The van der Waals surface area contributed by atoms with Gasteiger partial charge in [0.05, 0.1) is 11.6 Å². The molecule has 0 bridgehead atoms. The van der Waals surface area contributed by atoms with E-state index < -0.39 is 6.36 Å². The molecule has 0 saturated carbocycles. The summed E-state index contributed by atoms with van der Waals surface area (Å²) in [7, 11) is 0. The molecule has 2 aromatic rings. The largest absolute Gasteiger partial charge is 0.573 e. The lowest BCUT2D eigenvalue weighted by atomic mass is 10.0. The predicted molar refractivity (Wildman–Crippen MR) is 79.1 cm³/mol. The SMILES string of the molecule is N#Cc1ccc2c(c1)CC(Cc1ccc(OC(F)(F)F)cc1)N2. The van der Waals surface area contributed by atoms with Crippen LogP contribution in [0.3, 0.4) is 0 Å². The van der Waals surface area contributed by atoms with Crippen LogP contribution in [0.1, 0.15) is 16.7 Å². The molecule has 1 aliphatic rings. The van der Waals surface area contributed by atoms with Gasteiger partial charge in [0.2, 0.25) is 0 Å². The minimum absolute atomic E-state index is 0.160. The number of ether oxygens (including phenoxy) is 1. The molecule has 0 radical (unpaired) electrons. The van der Waals surface area contributed by atoms with Gasteiger partial charge in [-0.1, -0.05) is 12.1 Å². The Hall–Kier alpha value is -2.68. The van der Waals surface area contributed by atoms with Crippen molar-refractivity contribution in [3.63, 3.8) is 0 Å². The summed E-state index contributed by atoms with van der Waals surface area (Å²) in [5, 5.41) is 12.3. The molecule has 1 unspecified atom stereocenters. The van der Waals surface area contributed by atoms with Crippen molar-refractivity contribution in [1.82, 2.24) is 0 Å². The summed E-state index contributed by atoms with van der Waals surface area (Å²) in [4.78, 5) is 0. The highest BCUT2D eigenvalue weighted by molar-refractivity contribution is 5.59. The van der Waals surface area contributed by atoms with Crippen LogP contribution in [0.4, 0.5) is 18.9 Å². The molecule has 118 valence electrons. The monoisotopic (exact) mass is 318 g/mol. The third kappa shape index (κ3) is 3.75. The van der Waals surface area contributed by atoms with Gasteiger partial charge in [0.25, 0.3) is 0 Å². The zero-order chi connectivity index (χ0) is 16.4. The normalized spacial score (nSPS) is 16.3. The van der Waals surface area contributed by atoms with Gasteiger partial charge in [-0.05, 0) is 54.3 Å². The number of nitrogens with zero attached hydrogens (tertiary/aromatic N) is 1. The zero-order valence-electron chi connectivity index (χ0n) is 12.0. The van der Waals surface area contributed by atoms with E-state index in [-0.39, 0.29) is 11.8 Å². The highest BCUT2D eigenvalue weighted by Crippen LogP contribution is 2.29. The van der Waals surface area contributed by atoms with Crippen molar-refractivity contribution in [2.24, 2.45) is 0 Å². The number of benzene rings is 2. The van der Waals surface area contributed by atoms with Crippen molar-refractivity contribution in [3.05, 3.63) is 59.2 Å². The second kappa shape index (κ2) is 5.84. The first-order valence-corrected chi connectivity index (χ1v) is 7.07. The highest BCUT2D eigenvalue weighted by Gasteiger charge is 2.31. The number of nitrogens with one attached hydrogen (secondary N) is 1. The highest BCUT2D eigenvalue weighted by atomic mass is 19.4. The molecule has 3 rings (SSSR count). The van der Waals surface area contributed by atoms with Crippen LogP contribution in [-0.2, 0) is 12.8 Å². The number of rotatable bonds is 3. The number of hydrogen-bond acceptors (Lipinski definition) is 3. The fourth-order valence-electron chi connectivity index (χ4n) is 2.74. The first-order chi connectivity index (χ1) is 10.9. The second-order valence-corrected chi connectivity index (χ2v) is 5.42. The van der Waals surface area contributed by atoms with Gasteiger partial charge in [0.1, 0.15) is 5.75 Å². The molecule has 6 heteroatoms. The first-order valence-electron chi connectivity index (χ1n) is 7.07. The molecule has 2 aromatic carbocycles. The number of halogens is 3. The van der Waals surface area contributed by atoms with Crippen molar-refractivity contribution in [3.8, 4) is 11.8 Å². The standard InChI is InChI=1S/C17H13F3N2O/c18-17(19,20)23-15-4-1-11(2-5-15)8-14-9-13-7-12(10-21)3-6-16(13)22-14/h1-7,14,22H,8-9H2.